The zero-order valence-electron chi connectivity index (χ0n) is 11.0. The van der Waals surface area contributed by atoms with Gasteiger partial charge in [0, 0.05) is 17.0 Å². The fraction of sp³-hybridized carbons (Fsp3) is 0.357. The minimum atomic E-state index is 0.163. The lowest BCUT2D eigenvalue weighted by Crippen LogP contribution is -2.10. The van der Waals surface area contributed by atoms with Crippen LogP contribution >= 0.6 is 11.3 Å². The Kier molecular flexibility index (Phi) is 3.41. The molecule has 0 radical (unpaired) electrons. The molecule has 0 atom stereocenters. The molecule has 1 aromatic carbocycles. The average Bonchev–Trinajstić information content (AvgIpc) is 2.69. The van der Waals surface area contributed by atoms with Crippen LogP contribution in [-0.2, 0) is 12.0 Å². The third-order valence-electron chi connectivity index (χ3n) is 2.92. The van der Waals surface area contributed by atoms with Crippen molar-refractivity contribution in [3.8, 4) is 11.3 Å². The molecule has 1 aromatic heterocycles. The maximum atomic E-state index is 5.74. The molecule has 0 saturated heterocycles. The highest BCUT2D eigenvalue weighted by Crippen LogP contribution is 2.31. The molecular weight excluding hydrogens is 242 g/mol. The van der Waals surface area contributed by atoms with Gasteiger partial charge in [0.25, 0.3) is 0 Å². The summed E-state index contributed by atoms with van der Waals surface area (Å²) in [6, 6.07) is 8.47. The molecule has 3 nitrogen and oxygen atoms in total. The average molecular weight is 261 g/mol. The zero-order chi connectivity index (χ0) is 13.3. The quantitative estimate of drug-likeness (QED) is 0.872. The summed E-state index contributed by atoms with van der Waals surface area (Å²) in [5.41, 5.74) is 14.9. The van der Waals surface area contributed by atoms with Gasteiger partial charge < -0.3 is 11.5 Å². The topological polar surface area (TPSA) is 64.9 Å². The molecule has 0 bridgehead atoms. The van der Waals surface area contributed by atoms with Crippen LogP contribution < -0.4 is 11.5 Å². The standard InChI is InChI=1S/C14H19N3S/c1-14(2,3)10-6-4-9(5-7-10)12-11(8-15)18-13(16)17-12/h4-7H,8,15H2,1-3H3,(H2,16,17). The first-order valence-corrected chi connectivity index (χ1v) is 6.79. The number of nitrogens with zero attached hydrogens (tertiary/aromatic N) is 1. The van der Waals surface area contributed by atoms with Crippen LogP contribution in [0.3, 0.4) is 0 Å². The van der Waals surface area contributed by atoms with Crippen molar-refractivity contribution in [1.82, 2.24) is 4.98 Å². The van der Waals surface area contributed by atoms with Gasteiger partial charge in [0.2, 0.25) is 0 Å². The lowest BCUT2D eigenvalue weighted by atomic mass is 9.86. The smallest absolute Gasteiger partial charge is 0.180 e. The van der Waals surface area contributed by atoms with Gasteiger partial charge in [-0.2, -0.15) is 0 Å². The van der Waals surface area contributed by atoms with E-state index in [1.165, 1.54) is 16.9 Å². The van der Waals surface area contributed by atoms with Crippen molar-refractivity contribution in [3.05, 3.63) is 34.7 Å². The Hall–Kier alpha value is -1.39. The van der Waals surface area contributed by atoms with Crippen LogP contribution in [0, 0.1) is 0 Å². The first-order valence-electron chi connectivity index (χ1n) is 5.98. The van der Waals surface area contributed by atoms with E-state index >= 15 is 0 Å². The number of aromatic nitrogens is 1. The molecule has 0 spiro atoms. The molecule has 18 heavy (non-hydrogen) atoms. The number of benzene rings is 1. The number of hydrogen-bond donors (Lipinski definition) is 2. The largest absolute Gasteiger partial charge is 0.375 e. The molecule has 0 aliphatic rings. The van der Waals surface area contributed by atoms with Crippen LogP contribution in [0.15, 0.2) is 24.3 Å². The van der Waals surface area contributed by atoms with E-state index in [2.05, 4.69) is 50.0 Å². The first-order chi connectivity index (χ1) is 8.41. The van der Waals surface area contributed by atoms with Crippen LogP contribution in [-0.4, -0.2) is 4.98 Å². The molecule has 2 rings (SSSR count). The van der Waals surface area contributed by atoms with Gasteiger partial charge in [-0.3, -0.25) is 0 Å². The fourth-order valence-corrected chi connectivity index (χ4v) is 2.59. The van der Waals surface area contributed by atoms with Crippen molar-refractivity contribution in [1.29, 1.82) is 0 Å². The van der Waals surface area contributed by atoms with Crippen molar-refractivity contribution >= 4 is 16.5 Å². The molecule has 4 heteroatoms. The Labute approximate surface area is 112 Å². The summed E-state index contributed by atoms with van der Waals surface area (Å²) in [6.45, 7) is 7.08. The minimum absolute atomic E-state index is 0.163. The highest BCUT2D eigenvalue weighted by molar-refractivity contribution is 7.15. The van der Waals surface area contributed by atoms with Crippen molar-refractivity contribution in [2.24, 2.45) is 5.73 Å². The first kappa shape index (κ1) is 13.1. The highest BCUT2D eigenvalue weighted by atomic mass is 32.1. The maximum Gasteiger partial charge on any atom is 0.180 e. The Morgan fingerprint density at radius 1 is 1.17 bits per heavy atom. The molecule has 0 fully saturated rings. The molecule has 0 unspecified atom stereocenters. The SMILES string of the molecule is CC(C)(C)c1ccc(-c2nc(N)sc2CN)cc1. The van der Waals surface area contributed by atoms with Gasteiger partial charge in [-0.15, -0.1) is 11.3 Å². The van der Waals surface area contributed by atoms with Crippen molar-refractivity contribution in [2.45, 2.75) is 32.7 Å². The van der Waals surface area contributed by atoms with Crippen LogP contribution in [0.4, 0.5) is 5.13 Å². The molecule has 0 saturated carbocycles. The second-order valence-corrected chi connectivity index (χ2v) is 6.47. The monoisotopic (exact) mass is 261 g/mol. The van der Waals surface area contributed by atoms with Gasteiger partial charge in [0.05, 0.1) is 5.69 Å². The molecule has 2 aromatic rings. The second kappa shape index (κ2) is 4.71. The molecule has 1 heterocycles. The predicted molar refractivity (Wildman–Crippen MR) is 78.6 cm³/mol. The van der Waals surface area contributed by atoms with E-state index in [0.717, 1.165) is 16.1 Å². The molecule has 0 aliphatic carbocycles. The lowest BCUT2D eigenvalue weighted by molar-refractivity contribution is 0.590. The Balaban J connectivity index is 2.40. The maximum absolute atomic E-state index is 5.74. The number of nitrogens with two attached hydrogens (primary N) is 2. The number of hydrogen-bond acceptors (Lipinski definition) is 4. The highest BCUT2D eigenvalue weighted by Gasteiger charge is 2.15. The van der Waals surface area contributed by atoms with Crippen LogP contribution in [0.1, 0.15) is 31.2 Å². The summed E-state index contributed by atoms with van der Waals surface area (Å²) in [5.74, 6) is 0. The van der Waals surface area contributed by atoms with Gasteiger partial charge in [0.15, 0.2) is 5.13 Å². The summed E-state index contributed by atoms with van der Waals surface area (Å²) in [4.78, 5) is 5.40. The van der Waals surface area contributed by atoms with Crippen LogP contribution in [0.2, 0.25) is 0 Å². The zero-order valence-corrected chi connectivity index (χ0v) is 11.8. The number of thiazole rings is 1. The van der Waals surface area contributed by atoms with Crippen LogP contribution in [0.5, 0.6) is 0 Å². The van der Waals surface area contributed by atoms with E-state index in [1.807, 2.05) is 0 Å². The lowest BCUT2D eigenvalue weighted by Gasteiger charge is -2.19. The van der Waals surface area contributed by atoms with Gasteiger partial charge in [-0.1, -0.05) is 45.0 Å². The normalized spacial score (nSPS) is 11.8. The molecule has 96 valence electrons. The predicted octanol–water partition coefficient (Wildman–Crippen LogP) is 3.15. The molecule has 0 aliphatic heterocycles. The third-order valence-corrected chi connectivity index (χ3v) is 3.83. The van der Waals surface area contributed by atoms with Gasteiger partial charge in [0.1, 0.15) is 0 Å². The third kappa shape index (κ3) is 2.54. The van der Waals surface area contributed by atoms with Gasteiger partial charge in [-0.05, 0) is 11.0 Å². The van der Waals surface area contributed by atoms with Crippen molar-refractivity contribution in [2.75, 3.05) is 5.73 Å². The van der Waals surface area contributed by atoms with E-state index < -0.39 is 0 Å². The van der Waals surface area contributed by atoms with E-state index in [4.69, 9.17) is 11.5 Å². The molecule has 0 amide bonds. The number of anilines is 1. The fourth-order valence-electron chi connectivity index (χ4n) is 1.86. The Morgan fingerprint density at radius 3 is 2.28 bits per heavy atom. The number of nitrogen functional groups attached to an aromatic ring is 1. The summed E-state index contributed by atoms with van der Waals surface area (Å²) in [7, 11) is 0. The summed E-state index contributed by atoms with van der Waals surface area (Å²) in [6.07, 6.45) is 0. The molecule has 4 N–H and O–H groups in total. The van der Waals surface area contributed by atoms with E-state index in [9.17, 15) is 0 Å². The summed E-state index contributed by atoms with van der Waals surface area (Å²) < 4.78 is 0. The number of rotatable bonds is 2. The summed E-state index contributed by atoms with van der Waals surface area (Å²) in [5, 5.41) is 0.574. The van der Waals surface area contributed by atoms with Crippen molar-refractivity contribution < 1.29 is 0 Å². The van der Waals surface area contributed by atoms with Gasteiger partial charge >= 0.3 is 0 Å². The Bertz CT molecular complexity index is 535. The van der Waals surface area contributed by atoms with E-state index in [0.29, 0.717) is 11.7 Å². The molecular formula is C14H19N3S. The second-order valence-electron chi connectivity index (χ2n) is 5.36. The van der Waals surface area contributed by atoms with E-state index in [-0.39, 0.29) is 5.41 Å². The Morgan fingerprint density at radius 2 is 1.78 bits per heavy atom. The van der Waals surface area contributed by atoms with Crippen LogP contribution in [0.25, 0.3) is 11.3 Å². The van der Waals surface area contributed by atoms with Crippen molar-refractivity contribution in [3.63, 3.8) is 0 Å². The van der Waals surface area contributed by atoms with Gasteiger partial charge in [-0.25, -0.2) is 4.98 Å². The van der Waals surface area contributed by atoms with E-state index in [1.54, 1.807) is 0 Å². The minimum Gasteiger partial charge on any atom is -0.375 e. The summed E-state index contributed by atoms with van der Waals surface area (Å²) >= 11 is 1.46.